The van der Waals surface area contributed by atoms with Crippen molar-refractivity contribution in [1.82, 2.24) is 9.80 Å². The molecule has 1 aliphatic heterocycles. The Kier molecular flexibility index (Phi) is 8.33. The van der Waals surface area contributed by atoms with Crippen LogP contribution in [-0.4, -0.2) is 61.0 Å². The normalized spacial score (nSPS) is 14.1. The molecule has 0 radical (unpaired) electrons. The third kappa shape index (κ3) is 6.23. The van der Waals surface area contributed by atoms with Gasteiger partial charge >= 0.3 is 0 Å². The number of amides is 2. The van der Waals surface area contributed by atoms with Crippen LogP contribution in [0, 0.1) is 0 Å². The average Bonchev–Trinajstić information content (AvgIpc) is 3.07. The Morgan fingerprint density at radius 3 is 1.42 bits per heavy atom. The van der Waals surface area contributed by atoms with Crippen molar-refractivity contribution in [2.45, 2.75) is 33.1 Å². The summed E-state index contributed by atoms with van der Waals surface area (Å²) in [6.45, 7) is 7.77. The van der Waals surface area contributed by atoms with Crippen LogP contribution in [0.5, 0.6) is 11.5 Å². The van der Waals surface area contributed by atoms with Gasteiger partial charge < -0.3 is 19.3 Å². The van der Waals surface area contributed by atoms with Gasteiger partial charge in [0.2, 0.25) is 0 Å². The lowest BCUT2D eigenvalue weighted by atomic mass is 10.2. The molecule has 3 rings (SSSR count). The van der Waals surface area contributed by atoms with Crippen molar-refractivity contribution in [3.8, 4) is 11.5 Å². The minimum Gasteiger partial charge on any atom is -0.494 e. The molecule has 166 valence electrons. The molecule has 0 aromatic heterocycles. The van der Waals surface area contributed by atoms with E-state index in [1.165, 1.54) is 0 Å². The van der Waals surface area contributed by atoms with E-state index in [-0.39, 0.29) is 11.8 Å². The maximum Gasteiger partial charge on any atom is 0.253 e. The summed E-state index contributed by atoms with van der Waals surface area (Å²) in [7, 11) is 0. The number of benzene rings is 2. The van der Waals surface area contributed by atoms with Gasteiger partial charge in [0, 0.05) is 37.3 Å². The van der Waals surface area contributed by atoms with Gasteiger partial charge in [0.1, 0.15) is 11.5 Å². The zero-order valence-electron chi connectivity index (χ0n) is 18.5. The molecule has 6 nitrogen and oxygen atoms in total. The van der Waals surface area contributed by atoms with E-state index in [2.05, 4.69) is 13.8 Å². The molecule has 1 heterocycles. The molecule has 0 unspecified atom stereocenters. The topological polar surface area (TPSA) is 59.1 Å². The fourth-order valence-corrected chi connectivity index (χ4v) is 3.52. The van der Waals surface area contributed by atoms with Crippen LogP contribution in [0.2, 0.25) is 0 Å². The summed E-state index contributed by atoms with van der Waals surface area (Å²) in [6.07, 6.45) is 2.65. The summed E-state index contributed by atoms with van der Waals surface area (Å²) in [6, 6.07) is 14.6. The van der Waals surface area contributed by atoms with Crippen molar-refractivity contribution < 1.29 is 19.1 Å². The van der Waals surface area contributed by atoms with Crippen LogP contribution < -0.4 is 9.47 Å². The molecule has 31 heavy (non-hydrogen) atoms. The van der Waals surface area contributed by atoms with Crippen LogP contribution in [0.25, 0.3) is 0 Å². The van der Waals surface area contributed by atoms with Crippen LogP contribution >= 0.6 is 0 Å². The summed E-state index contributed by atoms with van der Waals surface area (Å²) in [5, 5.41) is 0. The number of hydrogen-bond donors (Lipinski definition) is 0. The molecule has 1 fully saturated rings. The van der Waals surface area contributed by atoms with E-state index in [0.717, 1.165) is 30.8 Å². The van der Waals surface area contributed by atoms with Crippen molar-refractivity contribution in [2.24, 2.45) is 0 Å². The quantitative estimate of drug-likeness (QED) is 0.636. The van der Waals surface area contributed by atoms with Crippen LogP contribution in [-0.2, 0) is 0 Å². The van der Waals surface area contributed by atoms with Crippen molar-refractivity contribution in [3.05, 3.63) is 59.7 Å². The minimum atomic E-state index is -0.00577. The molecule has 0 aliphatic carbocycles. The third-order valence-electron chi connectivity index (χ3n) is 5.22. The predicted octanol–water partition coefficient (Wildman–Crippen LogP) is 4.25. The minimum absolute atomic E-state index is 0.00577. The highest BCUT2D eigenvalue weighted by atomic mass is 16.5. The van der Waals surface area contributed by atoms with Gasteiger partial charge in [-0.25, -0.2) is 0 Å². The Morgan fingerprint density at radius 2 is 1.06 bits per heavy atom. The molecule has 1 saturated heterocycles. The Labute approximate surface area is 184 Å². The predicted molar refractivity (Wildman–Crippen MR) is 121 cm³/mol. The number of carbonyl (C=O) groups is 2. The van der Waals surface area contributed by atoms with E-state index in [1.54, 1.807) is 0 Å². The number of carbonyl (C=O) groups excluding carboxylic acids is 2. The highest BCUT2D eigenvalue weighted by Crippen LogP contribution is 2.17. The smallest absolute Gasteiger partial charge is 0.253 e. The maximum absolute atomic E-state index is 12.9. The summed E-state index contributed by atoms with van der Waals surface area (Å²) in [4.78, 5) is 29.5. The molecule has 0 saturated carbocycles. The molecule has 6 heteroatoms. The van der Waals surface area contributed by atoms with Gasteiger partial charge in [-0.1, -0.05) is 13.8 Å². The number of rotatable bonds is 8. The number of ether oxygens (including phenoxy) is 2. The molecule has 2 aromatic rings. The lowest BCUT2D eigenvalue weighted by molar-refractivity contribution is 0.0718. The Bertz CT molecular complexity index is 777. The Balaban J connectivity index is 1.56. The van der Waals surface area contributed by atoms with Crippen molar-refractivity contribution in [3.63, 3.8) is 0 Å². The molecule has 0 bridgehead atoms. The maximum atomic E-state index is 12.9. The molecular formula is C25H32N2O4. The van der Waals surface area contributed by atoms with E-state index in [1.807, 2.05) is 58.3 Å². The second kappa shape index (κ2) is 11.4. The second-order valence-electron chi connectivity index (χ2n) is 7.68. The van der Waals surface area contributed by atoms with Crippen LogP contribution in [0.4, 0.5) is 0 Å². The van der Waals surface area contributed by atoms with E-state index in [4.69, 9.17) is 9.47 Å². The molecule has 0 atom stereocenters. The van der Waals surface area contributed by atoms with Gasteiger partial charge in [-0.05, 0) is 67.8 Å². The van der Waals surface area contributed by atoms with Gasteiger partial charge in [-0.3, -0.25) is 9.59 Å². The van der Waals surface area contributed by atoms with Crippen molar-refractivity contribution >= 4 is 11.8 Å². The van der Waals surface area contributed by atoms with E-state index < -0.39 is 0 Å². The fraction of sp³-hybridized carbons (Fsp3) is 0.440. The van der Waals surface area contributed by atoms with Crippen molar-refractivity contribution in [2.75, 3.05) is 39.4 Å². The van der Waals surface area contributed by atoms with Gasteiger partial charge in [0.05, 0.1) is 13.2 Å². The third-order valence-corrected chi connectivity index (χ3v) is 5.22. The first-order valence-corrected chi connectivity index (χ1v) is 11.2. The highest BCUT2D eigenvalue weighted by molar-refractivity contribution is 5.95. The van der Waals surface area contributed by atoms with Crippen molar-refractivity contribution in [1.29, 1.82) is 0 Å². The summed E-state index contributed by atoms with van der Waals surface area (Å²) >= 11 is 0. The molecular weight excluding hydrogens is 392 g/mol. The van der Waals surface area contributed by atoms with E-state index >= 15 is 0 Å². The Hall–Kier alpha value is -3.02. The SMILES string of the molecule is CCCOc1ccc(C(=O)N2CCCN(C(=O)c3ccc(OCCC)cc3)CC2)cc1. The first-order chi connectivity index (χ1) is 15.1. The van der Waals surface area contributed by atoms with Crippen LogP contribution in [0.15, 0.2) is 48.5 Å². The molecule has 2 aromatic carbocycles. The molecule has 0 spiro atoms. The highest BCUT2D eigenvalue weighted by Gasteiger charge is 2.23. The molecule has 0 N–H and O–H groups in total. The van der Waals surface area contributed by atoms with Crippen LogP contribution in [0.1, 0.15) is 53.8 Å². The summed E-state index contributed by atoms with van der Waals surface area (Å²) in [5.41, 5.74) is 1.29. The van der Waals surface area contributed by atoms with Gasteiger partial charge in [0.15, 0.2) is 0 Å². The van der Waals surface area contributed by atoms with Gasteiger partial charge in [-0.15, -0.1) is 0 Å². The lowest BCUT2D eigenvalue weighted by Crippen LogP contribution is -2.37. The summed E-state index contributed by atoms with van der Waals surface area (Å²) < 4.78 is 11.2. The lowest BCUT2D eigenvalue weighted by Gasteiger charge is -2.22. The Morgan fingerprint density at radius 1 is 0.677 bits per heavy atom. The zero-order valence-corrected chi connectivity index (χ0v) is 18.5. The molecule has 2 amide bonds. The van der Waals surface area contributed by atoms with E-state index in [0.29, 0.717) is 50.5 Å². The van der Waals surface area contributed by atoms with E-state index in [9.17, 15) is 9.59 Å². The van der Waals surface area contributed by atoms with Gasteiger partial charge in [-0.2, -0.15) is 0 Å². The first kappa shape index (κ1) is 22.7. The number of nitrogens with zero attached hydrogens (tertiary/aromatic N) is 2. The zero-order chi connectivity index (χ0) is 22.1. The number of hydrogen-bond acceptors (Lipinski definition) is 4. The fourth-order valence-electron chi connectivity index (χ4n) is 3.52. The first-order valence-electron chi connectivity index (χ1n) is 11.2. The van der Waals surface area contributed by atoms with Crippen LogP contribution in [0.3, 0.4) is 0 Å². The monoisotopic (exact) mass is 424 g/mol. The standard InChI is InChI=1S/C25H32N2O4/c1-3-18-30-22-10-6-20(7-11-22)24(28)26-14-5-15-27(17-16-26)25(29)21-8-12-23(13-9-21)31-19-4-2/h6-13H,3-5,14-19H2,1-2H3. The summed E-state index contributed by atoms with van der Waals surface area (Å²) in [5.74, 6) is 1.54. The van der Waals surface area contributed by atoms with Gasteiger partial charge in [0.25, 0.3) is 11.8 Å². The largest absolute Gasteiger partial charge is 0.494 e. The average molecular weight is 425 g/mol. The second-order valence-corrected chi connectivity index (χ2v) is 7.68. The molecule has 1 aliphatic rings.